The van der Waals surface area contributed by atoms with Gasteiger partial charge in [0, 0.05) is 33.7 Å². The Balaban J connectivity index is 2.48. The second-order valence-corrected chi connectivity index (χ2v) is 5.45. The molecule has 2 unspecified atom stereocenters. The Morgan fingerprint density at radius 3 is 2.60 bits per heavy atom. The van der Waals surface area contributed by atoms with E-state index in [0.29, 0.717) is 13.1 Å². The first-order valence-corrected chi connectivity index (χ1v) is 6.79. The quantitative estimate of drug-likeness (QED) is 0.773. The number of piperidine rings is 1. The second-order valence-electron chi connectivity index (χ2n) is 5.45. The van der Waals surface area contributed by atoms with Gasteiger partial charge in [0.25, 0.3) is 0 Å². The van der Waals surface area contributed by atoms with E-state index in [4.69, 9.17) is 5.11 Å². The summed E-state index contributed by atoms with van der Waals surface area (Å²) in [6.45, 7) is 2.72. The number of amides is 3. The molecular formula is C13H23N3O4. The SMILES string of the molecule is CC(CNC(=O)C1CCCN(C(=O)N(C)C)C1)C(=O)O. The number of rotatable bonds is 4. The van der Waals surface area contributed by atoms with Crippen LogP contribution in [0.5, 0.6) is 0 Å². The Hall–Kier alpha value is -1.79. The van der Waals surface area contributed by atoms with E-state index in [2.05, 4.69) is 5.32 Å². The van der Waals surface area contributed by atoms with Crippen LogP contribution >= 0.6 is 0 Å². The van der Waals surface area contributed by atoms with E-state index >= 15 is 0 Å². The monoisotopic (exact) mass is 285 g/mol. The first-order valence-electron chi connectivity index (χ1n) is 6.79. The molecule has 0 aliphatic carbocycles. The van der Waals surface area contributed by atoms with Crippen molar-refractivity contribution in [3.05, 3.63) is 0 Å². The highest BCUT2D eigenvalue weighted by atomic mass is 16.4. The van der Waals surface area contributed by atoms with Gasteiger partial charge >= 0.3 is 12.0 Å². The van der Waals surface area contributed by atoms with Crippen LogP contribution in [0.15, 0.2) is 0 Å². The molecular weight excluding hydrogens is 262 g/mol. The number of carboxylic acids is 1. The molecule has 0 bridgehead atoms. The Kier molecular flexibility index (Phi) is 5.79. The van der Waals surface area contributed by atoms with E-state index in [1.807, 2.05) is 0 Å². The zero-order valence-corrected chi connectivity index (χ0v) is 12.3. The molecule has 0 spiro atoms. The predicted octanol–water partition coefficient (Wildman–Crippen LogP) is 0.217. The van der Waals surface area contributed by atoms with Crippen molar-refractivity contribution in [1.29, 1.82) is 0 Å². The van der Waals surface area contributed by atoms with Crippen molar-refractivity contribution in [1.82, 2.24) is 15.1 Å². The van der Waals surface area contributed by atoms with Gasteiger partial charge in [-0.2, -0.15) is 0 Å². The van der Waals surface area contributed by atoms with Crippen LogP contribution < -0.4 is 5.32 Å². The van der Waals surface area contributed by atoms with E-state index in [9.17, 15) is 14.4 Å². The van der Waals surface area contributed by atoms with Crippen molar-refractivity contribution in [2.24, 2.45) is 11.8 Å². The molecule has 0 radical (unpaired) electrons. The average Bonchev–Trinajstić information content (AvgIpc) is 2.43. The Labute approximate surface area is 118 Å². The van der Waals surface area contributed by atoms with Crippen molar-refractivity contribution >= 4 is 17.9 Å². The van der Waals surface area contributed by atoms with Crippen LogP contribution in [0.2, 0.25) is 0 Å². The molecule has 1 aliphatic rings. The van der Waals surface area contributed by atoms with Gasteiger partial charge in [-0.15, -0.1) is 0 Å². The molecule has 114 valence electrons. The van der Waals surface area contributed by atoms with Gasteiger partial charge in [0.1, 0.15) is 0 Å². The van der Waals surface area contributed by atoms with E-state index in [1.54, 1.807) is 25.9 Å². The lowest BCUT2D eigenvalue weighted by atomic mass is 9.97. The Morgan fingerprint density at radius 1 is 1.40 bits per heavy atom. The summed E-state index contributed by atoms with van der Waals surface area (Å²) in [5, 5.41) is 11.4. The summed E-state index contributed by atoms with van der Waals surface area (Å²) >= 11 is 0. The molecule has 0 aromatic heterocycles. The molecule has 1 saturated heterocycles. The number of hydrogen-bond donors (Lipinski definition) is 2. The molecule has 7 heteroatoms. The standard InChI is InChI=1S/C13H23N3O4/c1-9(12(18)19)7-14-11(17)10-5-4-6-16(8-10)13(20)15(2)3/h9-10H,4-8H2,1-3H3,(H,14,17)(H,18,19). The number of nitrogens with zero attached hydrogens (tertiary/aromatic N) is 2. The summed E-state index contributed by atoms with van der Waals surface area (Å²) in [4.78, 5) is 37.7. The summed E-state index contributed by atoms with van der Waals surface area (Å²) < 4.78 is 0. The number of carbonyl (C=O) groups excluding carboxylic acids is 2. The van der Waals surface area contributed by atoms with Crippen LogP contribution in [0.25, 0.3) is 0 Å². The highest BCUT2D eigenvalue weighted by Crippen LogP contribution is 2.17. The fourth-order valence-corrected chi connectivity index (χ4v) is 2.13. The number of carbonyl (C=O) groups is 3. The maximum Gasteiger partial charge on any atom is 0.319 e. The maximum absolute atomic E-state index is 12.0. The molecule has 7 nitrogen and oxygen atoms in total. The molecule has 0 aromatic rings. The van der Waals surface area contributed by atoms with Gasteiger partial charge in [-0.3, -0.25) is 9.59 Å². The lowest BCUT2D eigenvalue weighted by molar-refractivity contribution is -0.141. The third-order valence-corrected chi connectivity index (χ3v) is 3.45. The molecule has 3 amide bonds. The summed E-state index contributed by atoms with van der Waals surface area (Å²) in [5.41, 5.74) is 0. The second kappa shape index (κ2) is 7.12. The minimum atomic E-state index is -0.932. The molecule has 1 aliphatic heterocycles. The van der Waals surface area contributed by atoms with Gasteiger partial charge in [-0.25, -0.2) is 4.79 Å². The minimum absolute atomic E-state index is 0.0959. The van der Waals surface area contributed by atoms with Gasteiger partial charge in [0.2, 0.25) is 5.91 Å². The number of aliphatic carboxylic acids is 1. The Bertz CT molecular complexity index is 384. The fraction of sp³-hybridized carbons (Fsp3) is 0.769. The molecule has 0 saturated carbocycles. The molecule has 20 heavy (non-hydrogen) atoms. The normalized spacial score (nSPS) is 20.1. The van der Waals surface area contributed by atoms with Crippen LogP contribution in [0.4, 0.5) is 4.79 Å². The molecule has 1 fully saturated rings. The first kappa shape index (κ1) is 16.3. The summed E-state index contributed by atoms with van der Waals surface area (Å²) in [6, 6.07) is -0.0959. The van der Waals surface area contributed by atoms with Gasteiger partial charge < -0.3 is 20.2 Å². The summed E-state index contributed by atoms with van der Waals surface area (Å²) in [7, 11) is 3.36. The van der Waals surface area contributed by atoms with Crippen molar-refractivity contribution in [2.45, 2.75) is 19.8 Å². The van der Waals surface area contributed by atoms with Gasteiger partial charge in [0.15, 0.2) is 0 Å². The fourth-order valence-electron chi connectivity index (χ4n) is 2.13. The minimum Gasteiger partial charge on any atom is -0.481 e. The van der Waals surface area contributed by atoms with E-state index in [1.165, 1.54) is 4.90 Å². The predicted molar refractivity (Wildman–Crippen MR) is 73.2 cm³/mol. The molecule has 1 rings (SSSR count). The van der Waals surface area contributed by atoms with Crippen LogP contribution in [0.3, 0.4) is 0 Å². The number of hydrogen-bond acceptors (Lipinski definition) is 3. The van der Waals surface area contributed by atoms with Crippen LogP contribution in [-0.4, -0.2) is 66.5 Å². The van der Waals surface area contributed by atoms with Crippen molar-refractivity contribution in [3.63, 3.8) is 0 Å². The van der Waals surface area contributed by atoms with Crippen molar-refractivity contribution < 1.29 is 19.5 Å². The van der Waals surface area contributed by atoms with Gasteiger partial charge in [0.05, 0.1) is 11.8 Å². The zero-order chi connectivity index (χ0) is 15.3. The highest BCUT2D eigenvalue weighted by Gasteiger charge is 2.29. The molecule has 2 N–H and O–H groups in total. The van der Waals surface area contributed by atoms with Crippen LogP contribution in [0.1, 0.15) is 19.8 Å². The first-order chi connectivity index (χ1) is 9.32. The zero-order valence-electron chi connectivity index (χ0n) is 12.3. The smallest absolute Gasteiger partial charge is 0.319 e. The van der Waals surface area contributed by atoms with Crippen molar-refractivity contribution in [2.75, 3.05) is 33.7 Å². The summed E-state index contributed by atoms with van der Waals surface area (Å²) in [5.74, 6) is -1.97. The van der Waals surface area contributed by atoms with Crippen LogP contribution in [0, 0.1) is 11.8 Å². The topological polar surface area (TPSA) is 90.0 Å². The van der Waals surface area contributed by atoms with Crippen molar-refractivity contribution in [3.8, 4) is 0 Å². The van der Waals surface area contributed by atoms with E-state index < -0.39 is 11.9 Å². The number of carboxylic acid groups (broad SMARTS) is 1. The van der Waals surface area contributed by atoms with E-state index in [0.717, 1.165) is 12.8 Å². The van der Waals surface area contributed by atoms with Gasteiger partial charge in [-0.05, 0) is 12.8 Å². The molecule has 0 aromatic carbocycles. The van der Waals surface area contributed by atoms with Gasteiger partial charge in [-0.1, -0.05) is 6.92 Å². The Morgan fingerprint density at radius 2 is 2.05 bits per heavy atom. The number of urea groups is 1. The lowest BCUT2D eigenvalue weighted by Crippen LogP contribution is -2.49. The summed E-state index contributed by atoms with van der Waals surface area (Å²) in [6.07, 6.45) is 1.51. The molecule has 1 heterocycles. The average molecular weight is 285 g/mol. The molecule has 2 atom stereocenters. The lowest BCUT2D eigenvalue weighted by Gasteiger charge is -2.33. The maximum atomic E-state index is 12.0. The number of likely N-dealkylation sites (tertiary alicyclic amines) is 1. The highest BCUT2D eigenvalue weighted by molar-refractivity contribution is 5.81. The van der Waals surface area contributed by atoms with E-state index in [-0.39, 0.29) is 24.4 Å². The third kappa shape index (κ3) is 4.40. The number of nitrogens with one attached hydrogen (secondary N) is 1. The largest absolute Gasteiger partial charge is 0.481 e. The third-order valence-electron chi connectivity index (χ3n) is 3.45. The van der Waals surface area contributed by atoms with Crippen LogP contribution in [-0.2, 0) is 9.59 Å².